The number of carbonyl (C=O) groups is 1. The van der Waals surface area contributed by atoms with Crippen LogP contribution in [0.4, 0.5) is 11.5 Å². The van der Waals surface area contributed by atoms with Crippen molar-refractivity contribution in [3.63, 3.8) is 0 Å². The van der Waals surface area contributed by atoms with Gasteiger partial charge in [0.25, 0.3) is 10.0 Å². The first-order valence-electron chi connectivity index (χ1n) is 8.90. The first kappa shape index (κ1) is 19.6. The largest absolute Gasteiger partial charge is 0.383 e. The minimum absolute atomic E-state index is 0.0989. The third-order valence-corrected chi connectivity index (χ3v) is 6.02. The van der Waals surface area contributed by atoms with Gasteiger partial charge >= 0.3 is 0 Å². The number of nitrogen functional groups attached to an aromatic ring is 1. The number of nitrogens with one attached hydrogen (secondary N) is 1. The van der Waals surface area contributed by atoms with Crippen molar-refractivity contribution in [3.05, 3.63) is 59.9 Å². The zero-order chi connectivity index (χ0) is 21.6. The average molecular weight is 425 g/mol. The van der Waals surface area contributed by atoms with Gasteiger partial charge in [0.05, 0.1) is 10.9 Å². The first-order chi connectivity index (χ1) is 14.2. The van der Waals surface area contributed by atoms with E-state index in [0.29, 0.717) is 28.0 Å². The van der Waals surface area contributed by atoms with Crippen molar-refractivity contribution < 1.29 is 13.2 Å². The molecule has 0 saturated carbocycles. The Morgan fingerprint density at radius 1 is 1.13 bits per heavy atom. The van der Waals surface area contributed by atoms with Crippen molar-refractivity contribution in [2.75, 3.05) is 10.5 Å². The summed E-state index contributed by atoms with van der Waals surface area (Å²) >= 11 is 0. The minimum Gasteiger partial charge on any atom is -0.383 e. The van der Waals surface area contributed by atoms with E-state index in [0.717, 1.165) is 0 Å². The van der Waals surface area contributed by atoms with Crippen molar-refractivity contribution >= 4 is 38.3 Å². The van der Waals surface area contributed by atoms with Crippen LogP contribution in [-0.4, -0.2) is 38.3 Å². The Labute approximate surface area is 172 Å². The number of ketones is 1. The molecule has 154 valence electrons. The van der Waals surface area contributed by atoms with Crippen LogP contribution in [0.2, 0.25) is 0 Å². The molecule has 0 aliphatic carbocycles. The third kappa shape index (κ3) is 3.28. The molecule has 10 nitrogen and oxygen atoms in total. The van der Waals surface area contributed by atoms with Gasteiger partial charge in [-0.2, -0.15) is 8.42 Å². The second-order valence-electron chi connectivity index (χ2n) is 6.86. The molecule has 11 heteroatoms. The second kappa shape index (κ2) is 6.95. The number of nitrogens with zero attached hydrogens (tertiary/aromatic N) is 5. The van der Waals surface area contributed by atoms with E-state index in [4.69, 9.17) is 5.73 Å². The topological polar surface area (TPSA) is 138 Å². The highest BCUT2D eigenvalue weighted by atomic mass is 32.2. The van der Waals surface area contributed by atoms with E-state index >= 15 is 0 Å². The molecular formula is C19H19N7O3S. The van der Waals surface area contributed by atoms with E-state index in [1.54, 1.807) is 54.5 Å². The standard InChI is InChI=1S/C19H19N7O3S/c1-11-23-15(9-25(11)2)30(28,29)24-13-6-4-5-12(7-13)17(27)14-8-26(3)19-16(14)18(20)21-10-22-19/h4-10,24H,1-3H3,(H2,20,21,22). The Morgan fingerprint density at radius 2 is 1.90 bits per heavy atom. The number of rotatable bonds is 5. The maximum atomic E-state index is 13.1. The predicted octanol–water partition coefficient (Wildman–Crippen LogP) is 1.62. The molecule has 30 heavy (non-hydrogen) atoms. The summed E-state index contributed by atoms with van der Waals surface area (Å²) in [6.07, 6.45) is 4.39. The average Bonchev–Trinajstić information content (AvgIpc) is 3.22. The maximum absolute atomic E-state index is 13.1. The van der Waals surface area contributed by atoms with Crippen molar-refractivity contribution in [1.82, 2.24) is 24.1 Å². The van der Waals surface area contributed by atoms with Crippen molar-refractivity contribution in [1.29, 1.82) is 0 Å². The van der Waals surface area contributed by atoms with Gasteiger partial charge in [-0.15, -0.1) is 0 Å². The van der Waals surface area contributed by atoms with Crippen LogP contribution in [0.15, 0.2) is 48.0 Å². The Morgan fingerprint density at radius 3 is 2.60 bits per heavy atom. The SMILES string of the molecule is Cc1nc(S(=O)(=O)Nc2cccc(C(=O)c3cn(C)c4ncnc(N)c34)c2)cn1C. The molecule has 4 rings (SSSR count). The number of hydrogen-bond acceptors (Lipinski definition) is 7. The lowest BCUT2D eigenvalue weighted by atomic mass is 10.0. The normalized spacial score (nSPS) is 11.7. The highest BCUT2D eigenvalue weighted by Crippen LogP contribution is 2.26. The van der Waals surface area contributed by atoms with Crippen LogP contribution in [0, 0.1) is 6.92 Å². The number of imidazole rings is 1. The highest BCUT2D eigenvalue weighted by Gasteiger charge is 2.21. The maximum Gasteiger partial charge on any atom is 0.280 e. The molecule has 0 unspecified atom stereocenters. The summed E-state index contributed by atoms with van der Waals surface area (Å²) in [5.41, 5.74) is 7.37. The van der Waals surface area contributed by atoms with Gasteiger partial charge in [-0.25, -0.2) is 15.0 Å². The van der Waals surface area contributed by atoms with Gasteiger partial charge in [0.2, 0.25) is 0 Å². The van der Waals surface area contributed by atoms with Crippen LogP contribution in [0.1, 0.15) is 21.7 Å². The van der Waals surface area contributed by atoms with Gasteiger partial charge in [-0.1, -0.05) is 12.1 Å². The number of hydrogen-bond donors (Lipinski definition) is 2. The van der Waals surface area contributed by atoms with Crippen molar-refractivity contribution in [2.24, 2.45) is 14.1 Å². The summed E-state index contributed by atoms with van der Waals surface area (Å²) in [5.74, 6) is 0.443. The molecule has 4 aromatic rings. The fourth-order valence-electron chi connectivity index (χ4n) is 3.15. The molecule has 0 fully saturated rings. The van der Waals surface area contributed by atoms with Crippen LogP contribution in [0.25, 0.3) is 11.0 Å². The molecule has 0 aliphatic heterocycles. The number of carbonyl (C=O) groups excluding carboxylic acids is 1. The van der Waals surface area contributed by atoms with Crippen molar-refractivity contribution in [3.8, 4) is 0 Å². The Kier molecular flexibility index (Phi) is 4.54. The molecule has 3 N–H and O–H groups in total. The number of aromatic nitrogens is 5. The molecule has 0 spiro atoms. The Bertz CT molecular complexity index is 1380. The zero-order valence-electron chi connectivity index (χ0n) is 16.5. The summed E-state index contributed by atoms with van der Waals surface area (Å²) in [7, 11) is -0.433. The van der Waals surface area contributed by atoms with Gasteiger partial charge in [0.1, 0.15) is 23.6 Å². The Hall–Kier alpha value is -3.73. The van der Waals surface area contributed by atoms with Crippen LogP contribution in [0.5, 0.6) is 0 Å². The number of benzene rings is 1. The third-order valence-electron chi connectivity index (χ3n) is 4.77. The van der Waals surface area contributed by atoms with E-state index in [2.05, 4.69) is 19.7 Å². The number of nitrogens with two attached hydrogens (primary N) is 1. The lowest BCUT2D eigenvalue weighted by Gasteiger charge is -2.07. The lowest BCUT2D eigenvalue weighted by Crippen LogP contribution is -2.14. The lowest BCUT2D eigenvalue weighted by molar-refractivity contribution is 0.104. The summed E-state index contributed by atoms with van der Waals surface area (Å²) in [5, 5.41) is 0.359. The highest BCUT2D eigenvalue weighted by molar-refractivity contribution is 7.92. The molecule has 3 heterocycles. The van der Waals surface area contributed by atoms with Crippen molar-refractivity contribution in [2.45, 2.75) is 11.9 Å². The van der Waals surface area contributed by atoms with E-state index < -0.39 is 10.0 Å². The summed E-state index contributed by atoms with van der Waals surface area (Å²) < 4.78 is 31.0. The summed E-state index contributed by atoms with van der Waals surface area (Å²) in [4.78, 5) is 25.3. The number of fused-ring (bicyclic) bond motifs is 1. The first-order valence-corrected chi connectivity index (χ1v) is 10.4. The zero-order valence-corrected chi connectivity index (χ0v) is 17.3. The molecule has 1 aromatic carbocycles. The summed E-state index contributed by atoms with van der Waals surface area (Å²) in [6, 6.07) is 6.23. The van der Waals surface area contributed by atoms with E-state index in [1.165, 1.54) is 18.6 Å². The van der Waals surface area contributed by atoms with Crippen LogP contribution in [-0.2, 0) is 24.1 Å². The fourth-order valence-corrected chi connectivity index (χ4v) is 4.24. The monoisotopic (exact) mass is 425 g/mol. The molecule has 0 radical (unpaired) electrons. The summed E-state index contributed by atoms with van der Waals surface area (Å²) in [6.45, 7) is 1.71. The van der Waals surface area contributed by atoms with Crippen LogP contribution in [0.3, 0.4) is 0 Å². The molecule has 0 bridgehead atoms. The van der Waals surface area contributed by atoms with Gasteiger partial charge < -0.3 is 14.9 Å². The Balaban J connectivity index is 1.70. The van der Waals surface area contributed by atoms with E-state index in [9.17, 15) is 13.2 Å². The quantitative estimate of drug-likeness (QED) is 0.463. The number of anilines is 2. The predicted molar refractivity (Wildman–Crippen MR) is 112 cm³/mol. The smallest absolute Gasteiger partial charge is 0.280 e. The molecule has 3 aromatic heterocycles. The number of sulfonamides is 1. The molecule has 0 amide bonds. The van der Waals surface area contributed by atoms with E-state index in [1.807, 2.05) is 0 Å². The van der Waals surface area contributed by atoms with Crippen LogP contribution < -0.4 is 10.5 Å². The number of aryl methyl sites for hydroxylation is 3. The van der Waals surface area contributed by atoms with E-state index in [-0.39, 0.29) is 22.3 Å². The minimum atomic E-state index is -3.90. The molecular weight excluding hydrogens is 406 g/mol. The van der Waals surface area contributed by atoms with Gasteiger partial charge in [-0.3, -0.25) is 9.52 Å². The molecule has 0 aliphatic rings. The van der Waals surface area contributed by atoms with Gasteiger partial charge in [0, 0.05) is 37.7 Å². The second-order valence-corrected chi connectivity index (χ2v) is 8.49. The van der Waals surface area contributed by atoms with Gasteiger partial charge in [0.15, 0.2) is 10.8 Å². The molecule has 0 saturated heterocycles. The molecule has 0 atom stereocenters. The van der Waals surface area contributed by atoms with Crippen LogP contribution >= 0.6 is 0 Å². The van der Waals surface area contributed by atoms with Gasteiger partial charge in [-0.05, 0) is 19.1 Å². The fraction of sp³-hybridized carbons (Fsp3) is 0.158.